The van der Waals surface area contributed by atoms with Crippen LogP contribution in [0.25, 0.3) is 0 Å². The zero-order valence-electron chi connectivity index (χ0n) is 33.7. The van der Waals surface area contributed by atoms with Crippen LogP contribution in [0.5, 0.6) is 0 Å². The number of hydrogen-bond donors (Lipinski definition) is 0. The van der Waals surface area contributed by atoms with Gasteiger partial charge in [0, 0.05) is 30.9 Å². The molecular formula is C46H54Cl2F2N4O4. The summed E-state index contributed by atoms with van der Waals surface area (Å²) in [4.78, 5) is 26.0. The minimum Gasteiger partial charge on any atom is -0.367 e. The number of nitro groups is 2. The summed E-state index contributed by atoms with van der Waals surface area (Å²) < 4.78 is 32.6. The van der Waals surface area contributed by atoms with Gasteiger partial charge in [-0.3, -0.25) is 20.2 Å². The fraction of sp³-hybridized carbons (Fsp3) is 0.478. The van der Waals surface area contributed by atoms with Gasteiger partial charge in [0.25, 0.3) is 11.4 Å². The first-order valence-electron chi connectivity index (χ1n) is 20.7. The molecule has 2 atom stereocenters. The van der Waals surface area contributed by atoms with Crippen LogP contribution in [0.15, 0.2) is 72.8 Å². The molecular weight excluding hydrogens is 781 g/mol. The van der Waals surface area contributed by atoms with Crippen molar-refractivity contribution in [2.45, 2.75) is 122 Å². The van der Waals surface area contributed by atoms with E-state index in [0.29, 0.717) is 48.4 Å². The Morgan fingerprint density at radius 3 is 1.71 bits per heavy atom. The predicted molar refractivity (Wildman–Crippen MR) is 230 cm³/mol. The summed E-state index contributed by atoms with van der Waals surface area (Å²) in [5.74, 6) is -1.13. The Labute approximate surface area is 350 Å². The van der Waals surface area contributed by atoms with Crippen molar-refractivity contribution in [1.29, 1.82) is 0 Å². The highest BCUT2D eigenvalue weighted by Gasteiger charge is 2.38. The lowest BCUT2D eigenvalue weighted by Crippen LogP contribution is -2.34. The molecule has 2 fully saturated rings. The lowest BCUT2D eigenvalue weighted by atomic mass is 9.87. The summed E-state index contributed by atoms with van der Waals surface area (Å²) in [7, 11) is 0. The summed E-state index contributed by atoms with van der Waals surface area (Å²) >= 11 is 12.3. The first-order valence-corrected chi connectivity index (χ1v) is 21.4. The molecule has 2 saturated heterocycles. The fourth-order valence-electron chi connectivity index (χ4n) is 8.89. The molecule has 4 aromatic carbocycles. The molecule has 0 bridgehead atoms. The van der Waals surface area contributed by atoms with Gasteiger partial charge in [0.1, 0.15) is 15.7 Å². The standard InChI is InChI=1S/C46H54Cl2F2N4O4/c1-46(2,3)23-10-8-6-4-5-7-9-12-31-13-11-14-33(26-31)32-21-24-51(25-22-32)45-39(49)29-36(30-40(45)50)52-41(34-15-17-37(47)43(27-34)53(55)56)19-20-42(52)35-16-18-38(48)44(28-35)54(57)58/h11,13-18,26-30,32,41-42H,4-10,12,19-25H2,1-3H3/t41-,42-/m1/s1. The van der Waals surface area contributed by atoms with E-state index >= 15 is 8.78 Å². The molecule has 0 N–H and O–H groups in total. The van der Waals surface area contributed by atoms with Gasteiger partial charge >= 0.3 is 0 Å². The molecule has 8 nitrogen and oxygen atoms in total. The second kappa shape index (κ2) is 19.2. The van der Waals surface area contributed by atoms with E-state index < -0.39 is 33.6 Å². The van der Waals surface area contributed by atoms with Crippen molar-refractivity contribution in [1.82, 2.24) is 0 Å². The molecule has 2 aliphatic rings. The van der Waals surface area contributed by atoms with E-state index in [1.807, 2.05) is 0 Å². The molecule has 0 amide bonds. The maximum absolute atomic E-state index is 16.3. The number of nitrogens with zero attached hydrogens (tertiary/aromatic N) is 4. The van der Waals surface area contributed by atoms with Gasteiger partial charge in [0.2, 0.25) is 0 Å². The van der Waals surface area contributed by atoms with E-state index in [1.54, 1.807) is 21.9 Å². The number of halogens is 4. The Hall–Kier alpha value is -4.28. The van der Waals surface area contributed by atoms with E-state index in [-0.39, 0.29) is 32.8 Å². The van der Waals surface area contributed by atoms with Gasteiger partial charge in [0.05, 0.1) is 21.9 Å². The zero-order chi connectivity index (χ0) is 41.6. The van der Waals surface area contributed by atoms with Crippen molar-refractivity contribution in [3.05, 3.63) is 137 Å². The Morgan fingerprint density at radius 1 is 0.672 bits per heavy atom. The lowest BCUT2D eigenvalue weighted by molar-refractivity contribution is -0.384. The molecule has 0 aromatic heterocycles. The SMILES string of the molecule is CC(C)(C)CCCCCCCCCc1cccc(C2CCN(c3c(F)cc(N4[C@@H](c5ccc(Cl)c([N+](=O)[O-])c5)CC[C@@H]4c4ccc(Cl)c([N+](=O)[O-])c4)cc3F)CC2)c1. The van der Waals surface area contributed by atoms with Gasteiger partial charge in [0.15, 0.2) is 11.6 Å². The number of benzene rings is 4. The monoisotopic (exact) mass is 834 g/mol. The van der Waals surface area contributed by atoms with E-state index in [2.05, 4.69) is 45.0 Å². The van der Waals surface area contributed by atoms with E-state index in [4.69, 9.17) is 23.2 Å². The van der Waals surface area contributed by atoms with Gasteiger partial charge in [-0.05, 0) is 103 Å². The van der Waals surface area contributed by atoms with Crippen molar-refractivity contribution in [2.24, 2.45) is 5.41 Å². The number of anilines is 2. The highest BCUT2D eigenvalue weighted by molar-refractivity contribution is 6.33. The normalized spacial score (nSPS) is 17.6. The van der Waals surface area contributed by atoms with Crippen LogP contribution in [-0.2, 0) is 6.42 Å². The van der Waals surface area contributed by atoms with Crippen molar-refractivity contribution < 1.29 is 18.6 Å². The van der Waals surface area contributed by atoms with Crippen molar-refractivity contribution in [2.75, 3.05) is 22.9 Å². The minimum atomic E-state index is -0.714. The minimum absolute atomic E-state index is 0.0281. The molecule has 0 aliphatic carbocycles. The second-order valence-electron chi connectivity index (χ2n) is 17.3. The van der Waals surface area contributed by atoms with Crippen LogP contribution in [0.1, 0.15) is 138 Å². The van der Waals surface area contributed by atoms with E-state index in [0.717, 1.165) is 19.3 Å². The Kier molecular flexibility index (Phi) is 14.3. The van der Waals surface area contributed by atoms with E-state index in [1.165, 1.54) is 98.9 Å². The van der Waals surface area contributed by atoms with Crippen LogP contribution in [0, 0.1) is 37.3 Å². The Balaban J connectivity index is 1.13. The number of hydrogen-bond acceptors (Lipinski definition) is 6. The molecule has 0 unspecified atom stereocenters. The highest BCUT2D eigenvalue weighted by atomic mass is 35.5. The van der Waals surface area contributed by atoms with Gasteiger partial charge in [-0.2, -0.15) is 0 Å². The Morgan fingerprint density at radius 2 is 1.19 bits per heavy atom. The average molecular weight is 836 g/mol. The van der Waals surface area contributed by atoms with Gasteiger partial charge in [-0.15, -0.1) is 0 Å². The summed E-state index contributed by atoms with van der Waals surface area (Å²) in [6.07, 6.45) is 13.7. The maximum atomic E-state index is 16.3. The first-order chi connectivity index (χ1) is 27.7. The molecule has 4 aromatic rings. The average Bonchev–Trinajstić information content (AvgIpc) is 3.62. The van der Waals surface area contributed by atoms with Crippen LogP contribution in [0.3, 0.4) is 0 Å². The third kappa shape index (κ3) is 10.7. The Bertz CT molecular complexity index is 1990. The van der Waals surface area contributed by atoms with Crippen LogP contribution < -0.4 is 9.80 Å². The topological polar surface area (TPSA) is 92.8 Å². The van der Waals surface area contributed by atoms with Gasteiger partial charge < -0.3 is 9.80 Å². The second-order valence-corrected chi connectivity index (χ2v) is 18.1. The molecule has 310 valence electrons. The molecule has 2 heterocycles. The fourth-order valence-corrected chi connectivity index (χ4v) is 9.26. The molecule has 0 radical (unpaired) electrons. The molecule has 12 heteroatoms. The smallest absolute Gasteiger partial charge is 0.288 e. The summed E-state index contributed by atoms with van der Waals surface area (Å²) in [5.41, 5.74) is 3.71. The van der Waals surface area contributed by atoms with Crippen LogP contribution >= 0.6 is 23.2 Å². The number of unbranched alkanes of at least 4 members (excludes halogenated alkanes) is 6. The molecule has 0 saturated carbocycles. The maximum Gasteiger partial charge on any atom is 0.288 e. The first kappa shape index (κ1) is 43.3. The predicted octanol–water partition coefficient (Wildman–Crippen LogP) is 14.3. The molecule has 0 spiro atoms. The summed E-state index contributed by atoms with van der Waals surface area (Å²) in [6, 6.07) is 19.3. The van der Waals surface area contributed by atoms with Crippen LogP contribution in [0.2, 0.25) is 10.0 Å². The van der Waals surface area contributed by atoms with Crippen molar-refractivity contribution in [3.63, 3.8) is 0 Å². The molecule has 58 heavy (non-hydrogen) atoms. The van der Waals surface area contributed by atoms with Gasteiger partial charge in [-0.25, -0.2) is 8.78 Å². The van der Waals surface area contributed by atoms with Crippen molar-refractivity contribution in [3.8, 4) is 0 Å². The van der Waals surface area contributed by atoms with Crippen LogP contribution in [-0.4, -0.2) is 22.9 Å². The number of rotatable bonds is 16. The summed E-state index contributed by atoms with van der Waals surface area (Å²) in [5, 5.41) is 23.5. The highest BCUT2D eigenvalue weighted by Crippen LogP contribution is 2.50. The van der Waals surface area contributed by atoms with E-state index in [9.17, 15) is 20.2 Å². The third-order valence-corrected chi connectivity index (χ3v) is 12.6. The third-order valence-electron chi connectivity index (χ3n) is 11.9. The summed E-state index contributed by atoms with van der Waals surface area (Å²) in [6.45, 7) is 7.92. The number of nitro benzene ring substituents is 2. The number of aryl methyl sites for hydroxylation is 1. The van der Waals surface area contributed by atoms with Gasteiger partial charge in [-0.1, -0.05) is 119 Å². The number of piperidine rings is 1. The zero-order valence-corrected chi connectivity index (χ0v) is 35.2. The van der Waals surface area contributed by atoms with Crippen molar-refractivity contribution >= 4 is 46.0 Å². The largest absolute Gasteiger partial charge is 0.367 e. The molecule has 6 rings (SSSR count). The lowest BCUT2D eigenvalue weighted by Gasteiger charge is -2.36. The van der Waals surface area contributed by atoms with Crippen LogP contribution in [0.4, 0.5) is 31.5 Å². The molecule has 2 aliphatic heterocycles. The quantitative estimate of drug-likeness (QED) is 0.0634.